The van der Waals surface area contributed by atoms with Crippen LogP contribution in [-0.4, -0.2) is 29.8 Å². The highest BCUT2D eigenvalue weighted by Crippen LogP contribution is 2.25. The highest BCUT2D eigenvalue weighted by Gasteiger charge is 2.37. The number of para-hydroxylation sites is 1. The molecule has 1 saturated heterocycles. The van der Waals surface area contributed by atoms with Crippen LogP contribution in [0.1, 0.15) is 17.7 Å². The SMILES string of the molecule is O=C1CC(C(=O)N(CCc2ccccc2)c2ccccc2)CN1Cc1ccco1. The summed E-state index contributed by atoms with van der Waals surface area (Å²) in [4.78, 5) is 29.4. The summed E-state index contributed by atoms with van der Waals surface area (Å²) < 4.78 is 5.35. The van der Waals surface area contributed by atoms with Gasteiger partial charge >= 0.3 is 0 Å². The predicted molar refractivity (Wildman–Crippen MR) is 111 cm³/mol. The molecule has 5 heteroatoms. The van der Waals surface area contributed by atoms with Crippen LogP contribution in [0.4, 0.5) is 5.69 Å². The summed E-state index contributed by atoms with van der Waals surface area (Å²) in [6, 6.07) is 23.5. The number of carbonyl (C=O) groups excluding carboxylic acids is 2. The first kappa shape index (κ1) is 19.0. The summed E-state index contributed by atoms with van der Waals surface area (Å²) in [7, 11) is 0. The Morgan fingerprint density at radius 2 is 1.72 bits per heavy atom. The zero-order valence-corrected chi connectivity index (χ0v) is 16.2. The van der Waals surface area contributed by atoms with Gasteiger partial charge in [-0.1, -0.05) is 48.5 Å². The number of rotatable bonds is 7. The van der Waals surface area contributed by atoms with E-state index < -0.39 is 0 Å². The Morgan fingerprint density at radius 3 is 2.41 bits per heavy atom. The molecule has 2 amide bonds. The van der Waals surface area contributed by atoms with Crippen LogP contribution < -0.4 is 4.90 Å². The second-order valence-electron chi connectivity index (χ2n) is 7.32. The molecule has 29 heavy (non-hydrogen) atoms. The average Bonchev–Trinajstić information content (AvgIpc) is 3.40. The largest absolute Gasteiger partial charge is 0.467 e. The van der Waals surface area contributed by atoms with Gasteiger partial charge in [-0.15, -0.1) is 0 Å². The summed E-state index contributed by atoms with van der Waals surface area (Å²) in [5, 5.41) is 0. The van der Waals surface area contributed by atoms with Gasteiger partial charge in [-0.2, -0.15) is 0 Å². The topological polar surface area (TPSA) is 53.8 Å². The number of amides is 2. The Labute approximate surface area is 170 Å². The van der Waals surface area contributed by atoms with Crippen molar-refractivity contribution < 1.29 is 14.0 Å². The Balaban J connectivity index is 1.48. The van der Waals surface area contributed by atoms with Crippen molar-refractivity contribution in [2.45, 2.75) is 19.4 Å². The van der Waals surface area contributed by atoms with Crippen molar-refractivity contribution in [2.24, 2.45) is 5.92 Å². The van der Waals surface area contributed by atoms with Crippen LogP contribution in [0.5, 0.6) is 0 Å². The van der Waals surface area contributed by atoms with Gasteiger partial charge in [-0.3, -0.25) is 9.59 Å². The highest BCUT2D eigenvalue weighted by atomic mass is 16.3. The molecule has 3 aromatic rings. The van der Waals surface area contributed by atoms with Gasteiger partial charge in [0.25, 0.3) is 0 Å². The fourth-order valence-corrected chi connectivity index (χ4v) is 3.76. The van der Waals surface area contributed by atoms with Crippen LogP contribution in [0.15, 0.2) is 83.5 Å². The summed E-state index contributed by atoms with van der Waals surface area (Å²) >= 11 is 0. The number of carbonyl (C=O) groups is 2. The minimum absolute atomic E-state index is 0.00225. The monoisotopic (exact) mass is 388 g/mol. The molecule has 1 aliphatic rings. The third-order valence-corrected chi connectivity index (χ3v) is 5.29. The zero-order valence-electron chi connectivity index (χ0n) is 16.2. The first-order chi connectivity index (χ1) is 14.2. The summed E-state index contributed by atoms with van der Waals surface area (Å²) in [6.45, 7) is 1.41. The molecule has 0 radical (unpaired) electrons. The summed E-state index contributed by atoms with van der Waals surface area (Å²) in [5.74, 6) is 0.391. The fourth-order valence-electron chi connectivity index (χ4n) is 3.76. The van der Waals surface area contributed by atoms with Crippen LogP contribution >= 0.6 is 0 Å². The number of benzene rings is 2. The van der Waals surface area contributed by atoms with Gasteiger partial charge in [0.2, 0.25) is 11.8 Å². The maximum Gasteiger partial charge on any atom is 0.232 e. The maximum absolute atomic E-state index is 13.4. The van der Waals surface area contributed by atoms with Gasteiger partial charge in [-0.05, 0) is 36.2 Å². The number of hydrogen-bond donors (Lipinski definition) is 0. The average molecular weight is 388 g/mol. The first-order valence-corrected chi connectivity index (χ1v) is 9.91. The van der Waals surface area contributed by atoms with Crippen molar-refractivity contribution in [2.75, 3.05) is 18.0 Å². The molecule has 0 saturated carbocycles. The van der Waals surface area contributed by atoms with E-state index in [1.54, 1.807) is 17.2 Å². The van der Waals surface area contributed by atoms with Crippen LogP contribution in [0.25, 0.3) is 0 Å². The van der Waals surface area contributed by atoms with Crippen LogP contribution in [0.3, 0.4) is 0 Å². The third kappa shape index (κ3) is 4.57. The van der Waals surface area contributed by atoms with Gasteiger partial charge in [0.05, 0.1) is 18.7 Å². The van der Waals surface area contributed by atoms with Crippen LogP contribution in [0, 0.1) is 5.92 Å². The molecule has 1 aromatic heterocycles. The number of nitrogens with zero attached hydrogens (tertiary/aromatic N) is 2. The Morgan fingerprint density at radius 1 is 1.00 bits per heavy atom. The second kappa shape index (κ2) is 8.78. The van der Waals surface area contributed by atoms with Gasteiger partial charge in [0, 0.05) is 25.2 Å². The lowest BCUT2D eigenvalue weighted by molar-refractivity contribution is -0.129. The molecular formula is C24H24N2O3. The molecular weight excluding hydrogens is 364 g/mol. The molecule has 0 spiro atoms. The third-order valence-electron chi connectivity index (χ3n) is 5.29. The number of anilines is 1. The number of furan rings is 1. The molecule has 1 fully saturated rings. The molecule has 0 bridgehead atoms. The van der Waals surface area contributed by atoms with E-state index in [0.29, 0.717) is 19.6 Å². The maximum atomic E-state index is 13.4. The molecule has 1 atom stereocenters. The Hall–Kier alpha value is -3.34. The summed E-state index contributed by atoms with van der Waals surface area (Å²) in [5.41, 5.74) is 2.05. The van der Waals surface area contributed by atoms with E-state index >= 15 is 0 Å². The molecule has 0 aliphatic carbocycles. The van der Waals surface area contributed by atoms with Gasteiger partial charge in [-0.25, -0.2) is 0 Å². The van der Waals surface area contributed by atoms with Crippen molar-refractivity contribution in [3.8, 4) is 0 Å². The number of likely N-dealkylation sites (tertiary alicyclic amines) is 1. The standard InChI is InChI=1S/C24H24N2O3/c27-23-16-20(17-25(23)18-22-12-7-15-29-22)24(28)26(21-10-5-2-6-11-21)14-13-19-8-3-1-4-9-19/h1-12,15,20H,13-14,16-18H2. The molecule has 1 unspecified atom stereocenters. The molecule has 5 nitrogen and oxygen atoms in total. The molecule has 1 aliphatic heterocycles. The Bertz CT molecular complexity index is 939. The van der Waals surface area contributed by atoms with Crippen LogP contribution in [-0.2, 0) is 22.6 Å². The predicted octanol–water partition coefficient (Wildman–Crippen LogP) is 3.90. The lowest BCUT2D eigenvalue weighted by Gasteiger charge is -2.26. The van der Waals surface area contributed by atoms with Crippen molar-refractivity contribution in [3.63, 3.8) is 0 Å². The van der Waals surface area contributed by atoms with E-state index in [2.05, 4.69) is 12.1 Å². The highest BCUT2D eigenvalue weighted by molar-refractivity contribution is 5.99. The van der Waals surface area contributed by atoms with E-state index in [4.69, 9.17) is 4.42 Å². The van der Waals surface area contributed by atoms with E-state index in [-0.39, 0.29) is 24.2 Å². The summed E-state index contributed by atoms with van der Waals surface area (Å²) in [6.07, 6.45) is 2.60. The van der Waals surface area contributed by atoms with Crippen molar-refractivity contribution in [1.29, 1.82) is 0 Å². The Kier molecular flexibility index (Phi) is 5.75. The minimum Gasteiger partial charge on any atom is -0.467 e. The van der Waals surface area contributed by atoms with Crippen molar-refractivity contribution in [1.82, 2.24) is 4.90 Å². The second-order valence-corrected chi connectivity index (χ2v) is 7.32. The molecule has 0 N–H and O–H groups in total. The van der Waals surface area contributed by atoms with E-state index in [1.807, 2.05) is 59.5 Å². The van der Waals surface area contributed by atoms with E-state index in [0.717, 1.165) is 17.9 Å². The normalized spacial score (nSPS) is 16.2. The van der Waals surface area contributed by atoms with E-state index in [1.165, 1.54) is 5.56 Å². The van der Waals surface area contributed by atoms with Gasteiger partial charge in [0.15, 0.2) is 0 Å². The smallest absolute Gasteiger partial charge is 0.232 e. The lowest BCUT2D eigenvalue weighted by Crippen LogP contribution is -2.38. The molecule has 2 aromatic carbocycles. The van der Waals surface area contributed by atoms with Gasteiger partial charge in [0.1, 0.15) is 5.76 Å². The fraction of sp³-hybridized carbons (Fsp3) is 0.250. The number of hydrogen-bond acceptors (Lipinski definition) is 3. The molecule has 148 valence electrons. The molecule has 2 heterocycles. The lowest BCUT2D eigenvalue weighted by atomic mass is 10.1. The van der Waals surface area contributed by atoms with Crippen molar-refractivity contribution in [3.05, 3.63) is 90.4 Å². The zero-order chi connectivity index (χ0) is 20.1. The van der Waals surface area contributed by atoms with E-state index in [9.17, 15) is 9.59 Å². The molecule has 4 rings (SSSR count). The quantitative estimate of drug-likeness (QED) is 0.617. The van der Waals surface area contributed by atoms with Crippen molar-refractivity contribution >= 4 is 17.5 Å². The first-order valence-electron chi connectivity index (χ1n) is 9.91. The van der Waals surface area contributed by atoms with Crippen LogP contribution in [0.2, 0.25) is 0 Å². The minimum atomic E-state index is -0.339. The van der Waals surface area contributed by atoms with Gasteiger partial charge < -0.3 is 14.2 Å².